The van der Waals surface area contributed by atoms with Crippen LogP contribution in [0.5, 0.6) is 11.5 Å². The summed E-state index contributed by atoms with van der Waals surface area (Å²) in [5, 5.41) is 0. The first-order valence-electron chi connectivity index (χ1n) is 7.19. The van der Waals surface area contributed by atoms with Gasteiger partial charge in [0.1, 0.15) is 11.5 Å². The highest BCUT2D eigenvalue weighted by atomic mass is 16.5. The van der Waals surface area contributed by atoms with Crippen molar-refractivity contribution >= 4 is 0 Å². The second-order valence-electron chi connectivity index (χ2n) is 5.31. The first kappa shape index (κ1) is 16.8. The van der Waals surface area contributed by atoms with Crippen LogP contribution in [0.25, 0.3) is 0 Å². The molecule has 1 aromatic rings. The van der Waals surface area contributed by atoms with Crippen molar-refractivity contribution in [2.45, 2.75) is 26.3 Å². The minimum atomic E-state index is 0.157. The van der Waals surface area contributed by atoms with Crippen LogP contribution < -0.4 is 15.2 Å². The van der Waals surface area contributed by atoms with E-state index in [1.165, 1.54) is 6.42 Å². The Morgan fingerprint density at radius 1 is 1.25 bits per heavy atom. The normalized spacial score (nSPS) is 14.2. The van der Waals surface area contributed by atoms with Crippen molar-refractivity contribution in [3.05, 3.63) is 23.8 Å². The van der Waals surface area contributed by atoms with E-state index in [0.29, 0.717) is 12.5 Å². The zero-order valence-electron chi connectivity index (χ0n) is 13.3. The van der Waals surface area contributed by atoms with Crippen LogP contribution in [0.3, 0.4) is 0 Å². The Balaban J connectivity index is 2.99. The van der Waals surface area contributed by atoms with Gasteiger partial charge in [-0.25, -0.2) is 0 Å². The van der Waals surface area contributed by atoms with Crippen molar-refractivity contribution < 1.29 is 9.47 Å². The second-order valence-corrected chi connectivity index (χ2v) is 5.31. The molecular formula is C16H28N2O2. The van der Waals surface area contributed by atoms with E-state index in [1.807, 2.05) is 18.2 Å². The largest absolute Gasteiger partial charge is 0.497 e. The third-order valence-corrected chi connectivity index (χ3v) is 3.85. The third kappa shape index (κ3) is 4.12. The maximum Gasteiger partial charge on any atom is 0.127 e. The molecule has 1 rings (SSSR count). The molecule has 0 bridgehead atoms. The van der Waals surface area contributed by atoms with Crippen LogP contribution in [-0.2, 0) is 0 Å². The molecule has 114 valence electrons. The van der Waals surface area contributed by atoms with Gasteiger partial charge in [-0.1, -0.05) is 26.3 Å². The monoisotopic (exact) mass is 280 g/mol. The van der Waals surface area contributed by atoms with Gasteiger partial charge >= 0.3 is 0 Å². The average Bonchev–Trinajstić information content (AvgIpc) is 2.47. The fourth-order valence-electron chi connectivity index (χ4n) is 2.39. The molecule has 0 saturated heterocycles. The molecule has 0 fully saturated rings. The minimum absolute atomic E-state index is 0.157. The van der Waals surface area contributed by atoms with Gasteiger partial charge in [-0.2, -0.15) is 0 Å². The van der Waals surface area contributed by atoms with Crippen LogP contribution in [0.15, 0.2) is 18.2 Å². The third-order valence-electron chi connectivity index (χ3n) is 3.85. The van der Waals surface area contributed by atoms with Crippen molar-refractivity contribution in [3.63, 3.8) is 0 Å². The molecule has 0 aromatic heterocycles. The molecule has 4 heteroatoms. The van der Waals surface area contributed by atoms with Gasteiger partial charge in [0.2, 0.25) is 0 Å². The van der Waals surface area contributed by atoms with E-state index in [0.717, 1.165) is 23.6 Å². The summed E-state index contributed by atoms with van der Waals surface area (Å²) in [4.78, 5) is 2.30. The molecule has 4 nitrogen and oxygen atoms in total. The van der Waals surface area contributed by atoms with Crippen molar-refractivity contribution in [1.29, 1.82) is 0 Å². The lowest BCUT2D eigenvalue weighted by molar-refractivity contribution is 0.211. The Kier molecular flexibility index (Phi) is 6.82. The van der Waals surface area contributed by atoms with Gasteiger partial charge in [0.15, 0.2) is 0 Å². The summed E-state index contributed by atoms with van der Waals surface area (Å²) in [6.07, 6.45) is 1.17. The molecule has 0 heterocycles. The lowest BCUT2D eigenvalue weighted by Gasteiger charge is -2.30. The molecule has 0 aliphatic rings. The molecule has 0 aliphatic carbocycles. The van der Waals surface area contributed by atoms with Crippen molar-refractivity contribution in [2.75, 3.05) is 34.4 Å². The Morgan fingerprint density at radius 3 is 2.45 bits per heavy atom. The van der Waals surface area contributed by atoms with Crippen LogP contribution in [0.1, 0.15) is 31.9 Å². The highest BCUT2D eigenvalue weighted by Gasteiger charge is 2.20. The van der Waals surface area contributed by atoms with E-state index >= 15 is 0 Å². The predicted molar refractivity (Wildman–Crippen MR) is 83.4 cm³/mol. The number of ether oxygens (including phenoxy) is 2. The first-order valence-corrected chi connectivity index (χ1v) is 7.19. The fraction of sp³-hybridized carbons (Fsp3) is 0.625. The van der Waals surface area contributed by atoms with Crippen LogP contribution in [0, 0.1) is 5.92 Å². The number of hydrogen-bond donors (Lipinski definition) is 1. The van der Waals surface area contributed by atoms with E-state index in [1.54, 1.807) is 14.2 Å². The second kappa shape index (κ2) is 8.12. The molecule has 1 aromatic carbocycles. The Hall–Kier alpha value is -1.26. The van der Waals surface area contributed by atoms with E-state index in [4.69, 9.17) is 15.2 Å². The summed E-state index contributed by atoms with van der Waals surface area (Å²) in [5.74, 6) is 2.28. The van der Waals surface area contributed by atoms with Gasteiger partial charge in [0.25, 0.3) is 0 Å². The van der Waals surface area contributed by atoms with E-state index in [-0.39, 0.29) is 6.04 Å². The Morgan fingerprint density at radius 2 is 1.95 bits per heavy atom. The number of nitrogens with zero attached hydrogens (tertiary/aromatic N) is 1. The SMILES string of the molecule is CCC(C)CN(C)C(CN)c1ccc(OC)cc1OC. The minimum Gasteiger partial charge on any atom is -0.497 e. The molecule has 2 atom stereocenters. The molecular weight excluding hydrogens is 252 g/mol. The number of benzene rings is 1. The van der Waals surface area contributed by atoms with Gasteiger partial charge in [0.05, 0.1) is 20.3 Å². The van der Waals surface area contributed by atoms with Gasteiger partial charge < -0.3 is 15.2 Å². The number of hydrogen-bond acceptors (Lipinski definition) is 4. The Bertz CT molecular complexity index is 409. The predicted octanol–water partition coefficient (Wildman–Crippen LogP) is 2.68. The van der Waals surface area contributed by atoms with Crippen LogP contribution in [0.2, 0.25) is 0 Å². The molecule has 0 saturated carbocycles. The van der Waals surface area contributed by atoms with Crippen LogP contribution in [-0.4, -0.2) is 39.3 Å². The summed E-state index contributed by atoms with van der Waals surface area (Å²) in [6, 6.07) is 6.07. The molecule has 0 spiro atoms. The zero-order valence-corrected chi connectivity index (χ0v) is 13.3. The van der Waals surface area contributed by atoms with Gasteiger partial charge in [-0.3, -0.25) is 4.90 Å². The lowest BCUT2D eigenvalue weighted by Crippen LogP contribution is -2.33. The summed E-state index contributed by atoms with van der Waals surface area (Å²) in [7, 11) is 5.46. The smallest absolute Gasteiger partial charge is 0.127 e. The summed E-state index contributed by atoms with van der Waals surface area (Å²) in [5.41, 5.74) is 7.10. The Labute approximate surface area is 122 Å². The van der Waals surface area contributed by atoms with E-state index < -0.39 is 0 Å². The van der Waals surface area contributed by atoms with Crippen molar-refractivity contribution in [3.8, 4) is 11.5 Å². The van der Waals surface area contributed by atoms with Crippen LogP contribution in [0.4, 0.5) is 0 Å². The molecule has 2 N–H and O–H groups in total. The number of methoxy groups -OCH3 is 2. The fourth-order valence-corrected chi connectivity index (χ4v) is 2.39. The average molecular weight is 280 g/mol. The maximum absolute atomic E-state index is 5.99. The standard InChI is InChI=1S/C16H28N2O2/c1-6-12(2)11-18(3)15(10-17)14-8-7-13(19-4)9-16(14)20-5/h7-9,12,15H,6,10-11,17H2,1-5H3. The molecule has 2 unspecified atom stereocenters. The lowest BCUT2D eigenvalue weighted by atomic mass is 10.0. The molecule has 0 aliphatic heterocycles. The summed E-state index contributed by atoms with van der Waals surface area (Å²) < 4.78 is 10.7. The van der Waals surface area contributed by atoms with E-state index in [2.05, 4.69) is 25.8 Å². The van der Waals surface area contributed by atoms with Gasteiger partial charge in [-0.05, 0) is 19.0 Å². The topological polar surface area (TPSA) is 47.7 Å². The quantitative estimate of drug-likeness (QED) is 0.795. The molecule has 0 amide bonds. The zero-order chi connectivity index (χ0) is 15.1. The highest BCUT2D eigenvalue weighted by molar-refractivity contribution is 5.42. The molecule has 20 heavy (non-hydrogen) atoms. The van der Waals surface area contributed by atoms with Crippen LogP contribution >= 0.6 is 0 Å². The van der Waals surface area contributed by atoms with Gasteiger partial charge in [-0.15, -0.1) is 0 Å². The summed E-state index contributed by atoms with van der Waals surface area (Å²) >= 11 is 0. The summed E-state index contributed by atoms with van der Waals surface area (Å²) in [6.45, 7) is 6.06. The number of likely N-dealkylation sites (N-methyl/N-ethyl adjacent to an activating group) is 1. The molecule has 0 radical (unpaired) electrons. The maximum atomic E-state index is 5.99. The van der Waals surface area contributed by atoms with Crippen molar-refractivity contribution in [2.24, 2.45) is 11.7 Å². The van der Waals surface area contributed by atoms with Crippen molar-refractivity contribution in [1.82, 2.24) is 4.90 Å². The highest BCUT2D eigenvalue weighted by Crippen LogP contribution is 2.32. The van der Waals surface area contributed by atoms with Gasteiger partial charge in [0, 0.05) is 24.7 Å². The number of nitrogens with two attached hydrogens (primary N) is 1. The first-order chi connectivity index (χ1) is 9.57. The van der Waals surface area contributed by atoms with E-state index in [9.17, 15) is 0 Å². The number of rotatable bonds is 8.